The number of carbonyl (C=O) groups is 1. The Morgan fingerprint density at radius 2 is 1.95 bits per heavy atom. The Hall–Kier alpha value is -2.42. The second kappa shape index (κ2) is 4.69. The van der Waals surface area contributed by atoms with Gasteiger partial charge in [0, 0.05) is 23.7 Å². The van der Waals surface area contributed by atoms with E-state index in [0.29, 0.717) is 12.1 Å². The molecule has 0 aliphatic rings. The van der Waals surface area contributed by atoms with E-state index in [1.165, 1.54) is 12.1 Å². The Labute approximate surface area is 110 Å². The minimum atomic E-state index is -0.246. The van der Waals surface area contributed by atoms with Crippen molar-refractivity contribution in [2.75, 3.05) is 0 Å². The number of fused-ring (bicyclic) bond motifs is 1. The largest absolute Gasteiger partial charge is 0.342 e. The minimum Gasteiger partial charge on any atom is -0.342 e. The summed E-state index contributed by atoms with van der Waals surface area (Å²) in [6.07, 6.45) is 2.77. The number of aromatic nitrogens is 1. The van der Waals surface area contributed by atoms with Crippen LogP contribution in [0.4, 0.5) is 4.39 Å². The maximum absolute atomic E-state index is 13.2. The molecule has 0 spiro atoms. The van der Waals surface area contributed by atoms with E-state index in [4.69, 9.17) is 0 Å². The molecular weight excluding hydrogens is 241 g/mol. The van der Waals surface area contributed by atoms with Gasteiger partial charge in [-0.15, -0.1) is 0 Å². The van der Waals surface area contributed by atoms with E-state index in [2.05, 4.69) is 0 Å². The molecule has 94 valence electrons. The van der Waals surface area contributed by atoms with E-state index >= 15 is 0 Å². The Morgan fingerprint density at radius 1 is 1.11 bits per heavy atom. The molecule has 1 aromatic heterocycles. The third-order valence-corrected chi connectivity index (χ3v) is 3.19. The van der Waals surface area contributed by atoms with Crippen LogP contribution in [0, 0.1) is 5.82 Å². The zero-order chi connectivity index (χ0) is 13.2. The van der Waals surface area contributed by atoms with Gasteiger partial charge in [-0.2, -0.15) is 0 Å². The van der Waals surface area contributed by atoms with Gasteiger partial charge in [-0.1, -0.05) is 24.3 Å². The van der Waals surface area contributed by atoms with Gasteiger partial charge < -0.3 is 4.57 Å². The van der Waals surface area contributed by atoms with Crippen molar-refractivity contribution in [3.63, 3.8) is 0 Å². The van der Waals surface area contributed by atoms with Gasteiger partial charge in [-0.3, -0.25) is 4.79 Å². The Kier molecular flexibility index (Phi) is 2.88. The summed E-state index contributed by atoms with van der Waals surface area (Å²) in [5.74, 6) is -0.246. The van der Waals surface area contributed by atoms with Crippen molar-refractivity contribution in [3.8, 4) is 0 Å². The van der Waals surface area contributed by atoms with Crippen molar-refractivity contribution in [3.05, 3.63) is 71.7 Å². The van der Waals surface area contributed by atoms with Gasteiger partial charge in [-0.05, 0) is 29.8 Å². The van der Waals surface area contributed by atoms with Crippen molar-refractivity contribution < 1.29 is 9.18 Å². The zero-order valence-corrected chi connectivity index (χ0v) is 10.2. The quantitative estimate of drug-likeness (QED) is 0.653. The topological polar surface area (TPSA) is 22.0 Å². The van der Waals surface area contributed by atoms with Gasteiger partial charge >= 0.3 is 0 Å². The van der Waals surface area contributed by atoms with Crippen LogP contribution in [0.15, 0.2) is 54.7 Å². The normalized spacial score (nSPS) is 10.8. The van der Waals surface area contributed by atoms with Crippen molar-refractivity contribution in [2.45, 2.75) is 6.54 Å². The fourth-order valence-corrected chi connectivity index (χ4v) is 2.35. The van der Waals surface area contributed by atoms with Crippen molar-refractivity contribution in [2.24, 2.45) is 0 Å². The molecular formula is C16H12FNO. The molecule has 2 nitrogen and oxygen atoms in total. The molecule has 3 heteroatoms. The average molecular weight is 253 g/mol. The van der Waals surface area contributed by atoms with E-state index in [0.717, 1.165) is 22.8 Å². The highest BCUT2D eigenvalue weighted by atomic mass is 19.1. The molecule has 3 rings (SSSR count). The second-order valence-electron chi connectivity index (χ2n) is 4.48. The number of nitrogens with zero attached hydrogens (tertiary/aromatic N) is 1. The summed E-state index contributed by atoms with van der Waals surface area (Å²) >= 11 is 0. The number of aldehydes is 1. The highest BCUT2D eigenvalue weighted by Crippen LogP contribution is 2.20. The lowest BCUT2D eigenvalue weighted by atomic mass is 10.1. The number of hydrogen-bond acceptors (Lipinski definition) is 1. The molecule has 0 radical (unpaired) electrons. The first-order chi connectivity index (χ1) is 9.28. The van der Waals surface area contributed by atoms with Gasteiger partial charge in [0.2, 0.25) is 0 Å². The highest BCUT2D eigenvalue weighted by Gasteiger charge is 2.06. The van der Waals surface area contributed by atoms with Gasteiger partial charge in [0.25, 0.3) is 0 Å². The van der Waals surface area contributed by atoms with Crippen LogP contribution in [0.25, 0.3) is 10.9 Å². The number of halogens is 1. The fourth-order valence-electron chi connectivity index (χ4n) is 2.35. The van der Waals surface area contributed by atoms with E-state index < -0.39 is 0 Å². The van der Waals surface area contributed by atoms with Crippen LogP contribution in [-0.4, -0.2) is 10.9 Å². The van der Waals surface area contributed by atoms with E-state index in [1.807, 2.05) is 35.0 Å². The lowest BCUT2D eigenvalue weighted by Crippen LogP contribution is -2.00. The molecule has 0 unspecified atom stereocenters. The summed E-state index contributed by atoms with van der Waals surface area (Å²) in [5, 5.41) is 1.01. The molecule has 0 fully saturated rings. The van der Waals surface area contributed by atoms with Gasteiger partial charge in [0.15, 0.2) is 6.29 Å². The van der Waals surface area contributed by atoms with Crippen LogP contribution in [-0.2, 0) is 6.54 Å². The zero-order valence-electron chi connectivity index (χ0n) is 10.2. The Balaban J connectivity index is 2.08. The third kappa shape index (κ3) is 2.15. The molecule has 0 saturated heterocycles. The monoisotopic (exact) mass is 253 g/mol. The molecule has 19 heavy (non-hydrogen) atoms. The lowest BCUT2D eigenvalue weighted by molar-refractivity contribution is 0.112. The molecule has 0 amide bonds. The molecule has 1 heterocycles. The van der Waals surface area contributed by atoms with E-state index in [9.17, 15) is 9.18 Å². The maximum Gasteiger partial charge on any atom is 0.152 e. The lowest BCUT2D eigenvalue weighted by Gasteiger charge is -2.07. The Morgan fingerprint density at radius 3 is 2.74 bits per heavy atom. The van der Waals surface area contributed by atoms with Crippen molar-refractivity contribution >= 4 is 17.2 Å². The average Bonchev–Trinajstić information content (AvgIpc) is 2.82. The van der Waals surface area contributed by atoms with Crippen molar-refractivity contribution in [1.82, 2.24) is 4.57 Å². The summed E-state index contributed by atoms with van der Waals surface area (Å²) in [5.41, 5.74) is 2.42. The molecule has 0 N–H and O–H groups in total. The number of carbonyl (C=O) groups excluding carboxylic acids is 1. The molecule has 2 aromatic carbocycles. The van der Waals surface area contributed by atoms with Crippen LogP contribution < -0.4 is 0 Å². The predicted molar refractivity (Wildman–Crippen MR) is 72.8 cm³/mol. The molecule has 3 aromatic rings. The van der Waals surface area contributed by atoms with Gasteiger partial charge in [0.1, 0.15) is 5.82 Å². The number of benzene rings is 2. The molecule has 0 saturated carbocycles. The first-order valence-corrected chi connectivity index (χ1v) is 6.05. The molecule has 0 atom stereocenters. The minimum absolute atomic E-state index is 0.246. The summed E-state index contributed by atoms with van der Waals surface area (Å²) in [7, 11) is 0. The van der Waals surface area contributed by atoms with Gasteiger partial charge in [-0.25, -0.2) is 4.39 Å². The number of hydrogen-bond donors (Lipinski definition) is 0. The summed E-state index contributed by atoms with van der Waals surface area (Å²) in [4.78, 5) is 11.1. The number of rotatable bonds is 3. The Bertz CT molecular complexity index is 745. The first-order valence-electron chi connectivity index (χ1n) is 6.05. The van der Waals surface area contributed by atoms with Crippen LogP contribution in [0.1, 0.15) is 15.9 Å². The van der Waals surface area contributed by atoms with Crippen LogP contribution in [0.2, 0.25) is 0 Å². The highest BCUT2D eigenvalue weighted by molar-refractivity contribution is 5.96. The second-order valence-corrected chi connectivity index (χ2v) is 4.48. The summed E-state index contributed by atoms with van der Waals surface area (Å²) in [6.45, 7) is 0.548. The number of para-hydroxylation sites is 1. The summed E-state index contributed by atoms with van der Waals surface area (Å²) in [6, 6.07) is 14.1. The van der Waals surface area contributed by atoms with Crippen LogP contribution >= 0.6 is 0 Å². The predicted octanol–water partition coefficient (Wildman–Crippen LogP) is 3.64. The van der Waals surface area contributed by atoms with E-state index in [-0.39, 0.29) is 5.82 Å². The van der Waals surface area contributed by atoms with Crippen molar-refractivity contribution in [1.29, 1.82) is 0 Å². The molecule has 0 aliphatic carbocycles. The van der Waals surface area contributed by atoms with Crippen LogP contribution in [0.5, 0.6) is 0 Å². The summed E-state index contributed by atoms with van der Waals surface area (Å²) < 4.78 is 15.2. The molecule has 0 aliphatic heterocycles. The first kappa shape index (κ1) is 11.7. The smallest absolute Gasteiger partial charge is 0.152 e. The van der Waals surface area contributed by atoms with Gasteiger partial charge in [0.05, 0.1) is 5.52 Å². The van der Waals surface area contributed by atoms with Crippen LogP contribution in [0.3, 0.4) is 0 Å². The fraction of sp³-hybridized carbons (Fsp3) is 0.0625. The standard InChI is InChI=1S/C16H12FNO/c17-15-6-1-3-12(9-15)10-18-8-7-13-4-2-5-14(11-19)16(13)18/h1-9,11H,10H2. The maximum atomic E-state index is 13.2. The van der Waals surface area contributed by atoms with E-state index in [1.54, 1.807) is 12.1 Å². The SMILES string of the molecule is O=Cc1cccc2ccn(Cc3cccc(F)c3)c12. The molecule has 0 bridgehead atoms. The third-order valence-electron chi connectivity index (χ3n) is 3.19.